The van der Waals surface area contributed by atoms with Gasteiger partial charge in [0.15, 0.2) is 0 Å². The van der Waals surface area contributed by atoms with Gasteiger partial charge in [0.05, 0.1) is 12.6 Å². The fourth-order valence-corrected chi connectivity index (χ4v) is 4.95. The number of alkyl carbamates (subject to hydrolysis) is 1. The zero-order valence-corrected chi connectivity index (χ0v) is 20.1. The molecule has 186 valence electrons. The minimum atomic E-state index is -0.804. The van der Waals surface area contributed by atoms with E-state index in [0.29, 0.717) is 43.0 Å². The number of carbonyl (C=O) groups is 4. The SMILES string of the molecule is O=C[C@H](C[C@@H]1CCNC1=O)NC(=O)[C@H](CC1CCCCC1)NC(=O)OCCc1cccc(Cl)c1. The van der Waals surface area contributed by atoms with E-state index in [-0.39, 0.29) is 24.9 Å². The summed E-state index contributed by atoms with van der Waals surface area (Å²) in [5, 5.41) is 8.78. The Kier molecular flexibility index (Phi) is 10.2. The van der Waals surface area contributed by atoms with Gasteiger partial charge in [-0.1, -0.05) is 55.8 Å². The largest absolute Gasteiger partial charge is 0.449 e. The molecular formula is C25H34ClN3O5. The van der Waals surface area contributed by atoms with E-state index in [4.69, 9.17) is 16.3 Å². The number of benzene rings is 1. The van der Waals surface area contributed by atoms with Crippen LogP contribution in [-0.4, -0.2) is 49.4 Å². The normalized spacial score (nSPS) is 20.1. The number of ether oxygens (including phenoxy) is 1. The molecule has 0 spiro atoms. The van der Waals surface area contributed by atoms with Crippen LogP contribution >= 0.6 is 11.6 Å². The maximum absolute atomic E-state index is 13.1. The molecule has 0 bridgehead atoms. The van der Waals surface area contributed by atoms with Crippen LogP contribution < -0.4 is 16.0 Å². The van der Waals surface area contributed by atoms with Gasteiger partial charge < -0.3 is 25.5 Å². The van der Waals surface area contributed by atoms with Crippen molar-refractivity contribution < 1.29 is 23.9 Å². The van der Waals surface area contributed by atoms with E-state index >= 15 is 0 Å². The number of aldehydes is 1. The van der Waals surface area contributed by atoms with Crippen molar-refractivity contribution in [3.63, 3.8) is 0 Å². The summed E-state index contributed by atoms with van der Waals surface area (Å²) in [6.45, 7) is 0.730. The highest BCUT2D eigenvalue weighted by molar-refractivity contribution is 6.30. The zero-order valence-electron chi connectivity index (χ0n) is 19.4. The number of hydrogen-bond donors (Lipinski definition) is 3. The van der Waals surface area contributed by atoms with Crippen molar-refractivity contribution in [3.8, 4) is 0 Å². The monoisotopic (exact) mass is 491 g/mol. The lowest BCUT2D eigenvalue weighted by Crippen LogP contribution is -2.51. The number of hydrogen-bond acceptors (Lipinski definition) is 5. The van der Waals surface area contributed by atoms with Crippen LogP contribution in [0.5, 0.6) is 0 Å². The number of amides is 3. The van der Waals surface area contributed by atoms with Gasteiger partial charge in [-0.15, -0.1) is 0 Å². The molecule has 2 aliphatic rings. The molecule has 9 heteroatoms. The minimum Gasteiger partial charge on any atom is -0.449 e. The molecule has 1 saturated carbocycles. The summed E-state index contributed by atoms with van der Waals surface area (Å²) in [4.78, 5) is 49.0. The third-order valence-electron chi connectivity index (χ3n) is 6.61. The standard InChI is InChI=1S/C25H34ClN3O5/c26-20-8-4-7-18(13-20)10-12-34-25(33)29-22(14-17-5-2-1-3-6-17)24(32)28-21(16-30)15-19-9-11-27-23(19)31/h4,7-8,13,16-17,19,21-22H,1-3,5-6,9-12,14-15H2,(H,27,31)(H,28,32)(H,29,33)/t19-,21-,22-/m0/s1. The highest BCUT2D eigenvalue weighted by Gasteiger charge is 2.31. The summed E-state index contributed by atoms with van der Waals surface area (Å²) >= 11 is 5.99. The molecule has 3 N–H and O–H groups in total. The molecular weight excluding hydrogens is 458 g/mol. The first-order valence-electron chi connectivity index (χ1n) is 12.2. The molecule has 0 radical (unpaired) electrons. The molecule has 0 aromatic heterocycles. The average Bonchev–Trinajstić information content (AvgIpc) is 3.23. The predicted octanol–water partition coefficient (Wildman–Crippen LogP) is 3.16. The average molecular weight is 492 g/mol. The van der Waals surface area contributed by atoms with Gasteiger partial charge in [0, 0.05) is 23.9 Å². The van der Waals surface area contributed by atoms with Crippen LogP contribution in [0.2, 0.25) is 5.02 Å². The van der Waals surface area contributed by atoms with Crippen molar-refractivity contribution in [1.29, 1.82) is 0 Å². The van der Waals surface area contributed by atoms with Crippen molar-refractivity contribution in [1.82, 2.24) is 16.0 Å². The lowest BCUT2D eigenvalue weighted by atomic mass is 9.84. The lowest BCUT2D eigenvalue weighted by Gasteiger charge is -2.27. The van der Waals surface area contributed by atoms with Gasteiger partial charge in [0.1, 0.15) is 12.3 Å². The number of rotatable bonds is 11. The quantitative estimate of drug-likeness (QED) is 0.411. The van der Waals surface area contributed by atoms with Gasteiger partial charge in [-0.3, -0.25) is 9.59 Å². The van der Waals surface area contributed by atoms with Gasteiger partial charge in [-0.05, 0) is 42.9 Å². The first-order valence-corrected chi connectivity index (χ1v) is 12.5. The van der Waals surface area contributed by atoms with Gasteiger partial charge in [0.2, 0.25) is 11.8 Å². The van der Waals surface area contributed by atoms with Crippen LogP contribution in [0.1, 0.15) is 56.9 Å². The molecule has 3 atom stereocenters. The van der Waals surface area contributed by atoms with Crippen molar-refractivity contribution >= 4 is 35.8 Å². The highest BCUT2D eigenvalue weighted by Crippen LogP contribution is 2.27. The highest BCUT2D eigenvalue weighted by atomic mass is 35.5. The Morgan fingerprint density at radius 2 is 1.94 bits per heavy atom. The molecule has 2 fully saturated rings. The molecule has 3 amide bonds. The van der Waals surface area contributed by atoms with E-state index < -0.39 is 24.1 Å². The smallest absolute Gasteiger partial charge is 0.407 e. The third-order valence-corrected chi connectivity index (χ3v) is 6.84. The molecule has 1 heterocycles. The van der Waals surface area contributed by atoms with Crippen LogP contribution in [0.25, 0.3) is 0 Å². The van der Waals surface area contributed by atoms with Gasteiger partial charge >= 0.3 is 6.09 Å². The summed E-state index contributed by atoms with van der Waals surface area (Å²) in [6.07, 6.45) is 7.29. The molecule has 34 heavy (non-hydrogen) atoms. The van der Waals surface area contributed by atoms with Crippen molar-refractivity contribution in [2.45, 2.75) is 69.9 Å². The third kappa shape index (κ3) is 8.31. The summed E-state index contributed by atoms with van der Waals surface area (Å²) in [5.41, 5.74) is 0.946. The van der Waals surface area contributed by atoms with E-state index in [1.54, 1.807) is 6.07 Å². The summed E-state index contributed by atoms with van der Waals surface area (Å²) < 4.78 is 5.31. The number of nitrogens with one attached hydrogen (secondary N) is 3. The minimum absolute atomic E-state index is 0.0961. The van der Waals surface area contributed by atoms with Gasteiger partial charge in [-0.25, -0.2) is 4.79 Å². The molecule has 1 aromatic carbocycles. The van der Waals surface area contributed by atoms with Crippen LogP contribution in [0.15, 0.2) is 24.3 Å². The molecule has 1 aromatic rings. The van der Waals surface area contributed by atoms with Crippen LogP contribution in [-0.2, 0) is 25.5 Å². The van der Waals surface area contributed by atoms with Crippen LogP contribution in [0.4, 0.5) is 4.79 Å². The van der Waals surface area contributed by atoms with Crippen molar-refractivity contribution in [2.24, 2.45) is 11.8 Å². The predicted molar refractivity (Wildman–Crippen MR) is 128 cm³/mol. The Morgan fingerprint density at radius 1 is 1.15 bits per heavy atom. The first-order chi connectivity index (χ1) is 16.4. The fraction of sp³-hybridized carbons (Fsp3) is 0.600. The second kappa shape index (κ2) is 13.3. The molecule has 1 aliphatic heterocycles. The molecule has 3 rings (SSSR count). The number of carbonyl (C=O) groups excluding carboxylic acids is 4. The van der Waals surface area contributed by atoms with Crippen molar-refractivity contribution in [2.75, 3.05) is 13.2 Å². The number of halogens is 1. The van der Waals surface area contributed by atoms with E-state index in [0.717, 1.165) is 31.2 Å². The molecule has 8 nitrogen and oxygen atoms in total. The second-order valence-corrected chi connectivity index (χ2v) is 9.65. The van der Waals surface area contributed by atoms with Crippen molar-refractivity contribution in [3.05, 3.63) is 34.9 Å². The van der Waals surface area contributed by atoms with E-state index in [1.165, 1.54) is 6.42 Å². The van der Waals surface area contributed by atoms with Crippen LogP contribution in [0.3, 0.4) is 0 Å². The molecule has 0 unspecified atom stereocenters. The molecule has 1 saturated heterocycles. The van der Waals surface area contributed by atoms with E-state index in [1.807, 2.05) is 18.2 Å². The van der Waals surface area contributed by atoms with Crippen LogP contribution in [0, 0.1) is 11.8 Å². The topological polar surface area (TPSA) is 114 Å². The second-order valence-electron chi connectivity index (χ2n) is 9.22. The summed E-state index contributed by atoms with van der Waals surface area (Å²) in [6, 6.07) is 5.74. The Labute approximate surface area is 205 Å². The summed E-state index contributed by atoms with van der Waals surface area (Å²) in [7, 11) is 0. The Bertz CT molecular complexity index is 859. The maximum atomic E-state index is 13.1. The van der Waals surface area contributed by atoms with E-state index in [9.17, 15) is 19.2 Å². The lowest BCUT2D eigenvalue weighted by molar-refractivity contribution is -0.127. The Hall–Kier alpha value is -2.61. The maximum Gasteiger partial charge on any atom is 0.407 e. The van der Waals surface area contributed by atoms with Gasteiger partial charge in [-0.2, -0.15) is 0 Å². The Balaban J connectivity index is 1.55. The van der Waals surface area contributed by atoms with E-state index in [2.05, 4.69) is 16.0 Å². The van der Waals surface area contributed by atoms with Gasteiger partial charge in [0.25, 0.3) is 0 Å². The zero-order chi connectivity index (χ0) is 24.3. The molecule has 1 aliphatic carbocycles. The first kappa shape index (κ1) is 26.0. The summed E-state index contributed by atoms with van der Waals surface area (Å²) in [5.74, 6) is -0.489. The fourth-order valence-electron chi connectivity index (χ4n) is 4.73. The Morgan fingerprint density at radius 3 is 2.62 bits per heavy atom.